The smallest absolute Gasteiger partial charge is 0.341 e. The number of aryl methyl sites for hydroxylation is 1. The number of hydrogen-bond acceptors (Lipinski definition) is 5. The lowest BCUT2D eigenvalue weighted by Crippen LogP contribution is -2.24. The average Bonchev–Trinajstić information content (AvgIpc) is 2.87. The number of fused-ring (bicyclic) bond motifs is 1. The van der Waals surface area contributed by atoms with Crippen molar-refractivity contribution in [2.24, 2.45) is 0 Å². The summed E-state index contributed by atoms with van der Waals surface area (Å²) < 4.78 is 12.6. The number of hydrogen-bond donors (Lipinski definition) is 1. The van der Waals surface area contributed by atoms with E-state index in [-0.39, 0.29) is 18.4 Å². The number of aliphatic carboxylic acids is 1. The molecule has 142 valence electrons. The second-order valence-corrected chi connectivity index (χ2v) is 7.41. The lowest BCUT2D eigenvalue weighted by atomic mass is 10.2. The largest absolute Gasteiger partial charge is 0.482 e. The molecule has 2 rings (SSSR count). The molecule has 26 heavy (non-hydrogen) atoms. The van der Waals surface area contributed by atoms with Gasteiger partial charge in [-0.2, -0.15) is 0 Å². The summed E-state index contributed by atoms with van der Waals surface area (Å²) >= 11 is 0. The molecule has 0 saturated carbocycles. The van der Waals surface area contributed by atoms with E-state index in [4.69, 9.17) is 14.6 Å². The van der Waals surface area contributed by atoms with E-state index in [1.54, 1.807) is 18.2 Å². The highest BCUT2D eigenvalue weighted by atomic mass is 16.6. The molecule has 0 aliphatic heterocycles. The third-order valence-corrected chi connectivity index (χ3v) is 3.59. The first-order valence-corrected chi connectivity index (χ1v) is 8.64. The van der Waals surface area contributed by atoms with Gasteiger partial charge < -0.3 is 19.1 Å². The summed E-state index contributed by atoms with van der Waals surface area (Å²) in [7, 11) is 0. The minimum absolute atomic E-state index is 0.128. The van der Waals surface area contributed by atoms with Crippen LogP contribution in [0.2, 0.25) is 0 Å². The quantitative estimate of drug-likeness (QED) is 0.760. The Morgan fingerprint density at radius 1 is 1.27 bits per heavy atom. The van der Waals surface area contributed by atoms with Crippen LogP contribution in [0.3, 0.4) is 0 Å². The summed E-state index contributed by atoms with van der Waals surface area (Å²) in [5, 5.41) is 8.75. The molecule has 0 saturated heterocycles. The molecule has 0 atom stereocenters. The molecular weight excluding hydrogens is 336 g/mol. The van der Waals surface area contributed by atoms with E-state index < -0.39 is 18.2 Å². The van der Waals surface area contributed by atoms with Crippen LogP contribution < -0.4 is 4.74 Å². The lowest BCUT2D eigenvalue weighted by molar-refractivity contribution is -0.154. The van der Waals surface area contributed by atoms with Crippen LogP contribution in [0.25, 0.3) is 11.0 Å². The van der Waals surface area contributed by atoms with Gasteiger partial charge in [0.1, 0.15) is 17.2 Å². The van der Waals surface area contributed by atoms with Crippen molar-refractivity contribution in [3.05, 3.63) is 24.0 Å². The molecule has 1 aromatic heterocycles. The summed E-state index contributed by atoms with van der Waals surface area (Å²) in [6.07, 6.45) is 0.711. The van der Waals surface area contributed by atoms with Crippen molar-refractivity contribution < 1.29 is 24.2 Å². The van der Waals surface area contributed by atoms with E-state index in [0.717, 1.165) is 16.9 Å². The molecule has 7 heteroatoms. The van der Waals surface area contributed by atoms with Crippen LogP contribution in [0.5, 0.6) is 5.75 Å². The number of aromatic nitrogens is 2. The van der Waals surface area contributed by atoms with Crippen molar-refractivity contribution in [2.75, 3.05) is 6.61 Å². The van der Waals surface area contributed by atoms with Crippen LogP contribution in [0.15, 0.2) is 18.2 Å². The van der Waals surface area contributed by atoms with E-state index >= 15 is 0 Å². The van der Waals surface area contributed by atoms with Crippen LogP contribution in [0.4, 0.5) is 0 Å². The predicted octanol–water partition coefficient (Wildman–Crippen LogP) is 3.35. The van der Waals surface area contributed by atoms with Crippen molar-refractivity contribution >= 4 is 23.0 Å². The van der Waals surface area contributed by atoms with E-state index in [9.17, 15) is 9.59 Å². The third-order valence-electron chi connectivity index (χ3n) is 3.59. The predicted molar refractivity (Wildman–Crippen MR) is 97.4 cm³/mol. The van der Waals surface area contributed by atoms with Gasteiger partial charge >= 0.3 is 11.9 Å². The van der Waals surface area contributed by atoms with Crippen LogP contribution in [-0.4, -0.2) is 38.8 Å². The van der Waals surface area contributed by atoms with Gasteiger partial charge in [-0.3, -0.25) is 4.79 Å². The number of imidazole rings is 1. The number of carboxylic acid groups (broad SMARTS) is 1. The number of ether oxygens (including phenoxy) is 2. The number of nitrogens with zero attached hydrogens (tertiary/aromatic N) is 2. The van der Waals surface area contributed by atoms with Gasteiger partial charge in [0, 0.05) is 18.5 Å². The first-order valence-electron chi connectivity index (χ1n) is 8.64. The Hall–Kier alpha value is -2.57. The van der Waals surface area contributed by atoms with Crippen molar-refractivity contribution in [1.82, 2.24) is 9.55 Å². The summed E-state index contributed by atoms with van der Waals surface area (Å²) in [6, 6.07) is 5.40. The fraction of sp³-hybridized carbons (Fsp3) is 0.526. The second-order valence-electron chi connectivity index (χ2n) is 7.41. The Morgan fingerprint density at radius 2 is 1.96 bits per heavy atom. The first-order chi connectivity index (χ1) is 12.1. The molecule has 1 heterocycles. The van der Waals surface area contributed by atoms with Gasteiger partial charge in [0.25, 0.3) is 0 Å². The maximum Gasteiger partial charge on any atom is 0.341 e. The highest BCUT2D eigenvalue weighted by molar-refractivity contribution is 5.78. The van der Waals surface area contributed by atoms with E-state index in [0.29, 0.717) is 12.2 Å². The fourth-order valence-electron chi connectivity index (χ4n) is 2.72. The minimum atomic E-state index is -1.03. The summed E-state index contributed by atoms with van der Waals surface area (Å²) in [5.41, 5.74) is 1.12. The van der Waals surface area contributed by atoms with Crippen LogP contribution >= 0.6 is 0 Å². The lowest BCUT2D eigenvalue weighted by Gasteiger charge is -2.19. The topological polar surface area (TPSA) is 90.7 Å². The molecule has 0 fully saturated rings. The van der Waals surface area contributed by atoms with Gasteiger partial charge in [0.15, 0.2) is 6.61 Å². The van der Waals surface area contributed by atoms with Gasteiger partial charge in [-0.05, 0) is 46.8 Å². The number of carbonyl (C=O) groups excluding carboxylic acids is 1. The Kier molecular flexibility index (Phi) is 5.90. The number of benzene rings is 1. The molecule has 0 aliphatic carbocycles. The SMILES string of the molecule is CC(C)n1c(CCC(=O)OC(C)(C)C)nc2ccc(OCC(=O)O)cc21. The number of carboxylic acids is 1. The Balaban J connectivity index is 2.24. The molecule has 0 bridgehead atoms. The van der Waals surface area contributed by atoms with Gasteiger partial charge in [-0.1, -0.05) is 0 Å². The molecule has 0 amide bonds. The summed E-state index contributed by atoms with van der Waals surface area (Å²) in [4.78, 5) is 27.3. The monoisotopic (exact) mass is 362 g/mol. The van der Waals surface area contributed by atoms with Crippen molar-refractivity contribution in [1.29, 1.82) is 0 Å². The molecular formula is C19H26N2O5. The number of esters is 1. The molecule has 0 radical (unpaired) electrons. The molecule has 0 aliphatic rings. The zero-order chi connectivity index (χ0) is 19.5. The van der Waals surface area contributed by atoms with Gasteiger partial charge in [0.2, 0.25) is 0 Å². The minimum Gasteiger partial charge on any atom is -0.482 e. The standard InChI is InChI=1S/C19H26N2O5/c1-12(2)21-15-10-13(25-11-17(22)23)6-7-14(15)20-16(21)8-9-18(24)26-19(3,4)5/h6-7,10,12H,8-9,11H2,1-5H3,(H,22,23). The van der Waals surface area contributed by atoms with E-state index in [2.05, 4.69) is 4.98 Å². The van der Waals surface area contributed by atoms with Crippen LogP contribution in [0.1, 0.15) is 52.9 Å². The third kappa shape index (κ3) is 5.21. The van der Waals surface area contributed by atoms with E-state index in [1.165, 1.54) is 0 Å². The fourth-order valence-corrected chi connectivity index (χ4v) is 2.72. The van der Waals surface area contributed by atoms with Crippen molar-refractivity contribution in [2.45, 2.75) is 59.1 Å². The highest BCUT2D eigenvalue weighted by Gasteiger charge is 2.19. The van der Waals surface area contributed by atoms with Gasteiger partial charge in [0.05, 0.1) is 17.5 Å². The average molecular weight is 362 g/mol. The Bertz CT molecular complexity index is 802. The van der Waals surface area contributed by atoms with Gasteiger partial charge in [-0.15, -0.1) is 0 Å². The Morgan fingerprint density at radius 3 is 2.54 bits per heavy atom. The molecule has 0 unspecified atom stereocenters. The first kappa shape index (κ1) is 19.8. The Labute approximate surface area is 152 Å². The molecule has 1 aromatic carbocycles. The number of rotatable bonds is 7. The number of carbonyl (C=O) groups is 2. The highest BCUT2D eigenvalue weighted by Crippen LogP contribution is 2.26. The maximum atomic E-state index is 12.0. The molecule has 7 nitrogen and oxygen atoms in total. The van der Waals surface area contributed by atoms with Crippen LogP contribution in [0, 0.1) is 0 Å². The second kappa shape index (κ2) is 7.76. The zero-order valence-electron chi connectivity index (χ0n) is 15.9. The zero-order valence-corrected chi connectivity index (χ0v) is 15.9. The normalized spacial score (nSPS) is 11.8. The molecule has 1 N–H and O–H groups in total. The van der Waals surface area contributed by atoms with Gasteiger partial charge in [-0.25, -0.2) is 9.78 Å². The van der Waals surface area contributed by atoms with Crippen molar-refractivity contribution in [3.8, 4) is 5.75 Å². The maximum absolute atomic E-state index is 12.0. The summed E-state index contributed by atoms with van der Waals surface area (Å²) in [5.74, 6) is -0.0255. The van der Waals surface area contributed by atoms with Crippen molar-refractivity contribution in [3.63, 3.8) is 0 Å². The summed E-state index contributed by atoms with van der Waals surface area (Å²) in [6.45, 7) is 9.19. The molecule has 0 spiro atoms. The molecule has 2 aromatic rings. The van der Waals surface area contributed by atoms with E-state index in [1.807, 2.05) is 39.2 Å². The van der Waals surface area contributed by atoms with Crippen LogP contribution in [-0.2, 0) is 20.7 Å².